The molecule has 3 heterocycles. The Balaban J connectivity index is 1.39. The topological polar surface area (TPSA) is 95.5 Å². The number of fused-ring (bicyclic) bond motifs is 1. The number of H-pyrrole nitrogens is 1. The van der Waals surface area contributed by atoms with Crippen molar-refractivity contribution < 1.29 is 18.4 Å². The Morgan fingerprint density at radius 3 is 2.28 bits per heavy atom. The monoisotopic (exact) mass is 510 g/mol. The van der Waals surface area contributed by atoms with Crippen molar-refractivity contribution in [1.29, 1.82) is 0 Å². The Hall–Kier alpha value is -4.12. The van der Waals surface area contributed by atoms with Crippen LogP contribution in [-0.2, 0) is 6.54 Å². The summed E-state index contributed by atoms with van der Waals surface area (Å²) >= 11 is 1.34. The fourth-order valence-electron chi connectivity index (χ4n) is 4.29. The van der Waals surface area contributed by atoms with Crippen molar-refractivity contribution >= 4 is 34.1 Å². The van der Waals surface area contributed by atoms with E-state index in [9.17, 15) is 28.0 Å². The predicted octanol–water partition coefficient (Wildman–Crippen LogP) is 2.68. The van der Waals surface area contributed by atoms with Gasteiger partial charge < -0.3 is 9.80 Å². The zero-order chi connectivity index (χ0) is 25.4. The molecule has 1 aliphatic rings. The smallest absolute Gasteiger partial charge is 0.329 e. The van der Waals surface area contributed by atoms with Crippen molar-refractivity contribution in [1.82, 2.24) is 19.4 Å². The molecule has 1 fully saturated rings. The predicted molar refractivity (Wildman–Crippen MR) is 130 cm³/mol. The molecule has 0 saturated carbocycles. The average Bonchev–Trinajstić information content (AvgIpc) is 3.42. The Labute approximate surface area is 207 Å². The molecule has 0 aliphatic carbocycles. The number of hydrogen-bond donors (Lipinski definition) is 1. The van der Waals surface area contributed by atoms with E-state index in [1.165, 1.54) is 22.3 Å². The normalized spacial score (nSPS) is 13.8. The van der Waals surface area contributed by atoms with Gasteiger partial charge in [-0.25, -0.2) is 13.6 Å². The molecule has 0 atom stereocenters. The maximum absolute atomic E-state index is 14.7. The maximum atomic E-state index is 14.7. The van der Waals surface area contributed by atoms with Crippen molar-refractivity contribution in [2.75, 3.05) is 26.2 Å². The summed E-state index contributed by atoms with van der Waals surface area (Å²) in [7, 11) is 0. The lowest BCUT2D eigenvalue weighted by atomic mass is 10.1. The number of halogens is 2. The molecular formula is C25H20F2N4O4S. The summed E-state index contributed by atoms with van der Waals surface area (Å²) in [5.41, 5.74) is -1.44. The lowest BCUT2D eigenvalue weighted by Crippen LogP contribution is -2.50. The maximum Gasteiger partial charge on any atom is 0.329 e. The van der Waals surface area contributed by atoms with Crippen LogP contribution in [0.3, 0.4) is 0 Å². The number of nitrogens with zero attached hydrogens (tertiary/aromatic N) is 3. The van der Waals surface area contributed by atoms with Crippen molar-refractivity contribution in [3.8, 4) is 0 Å². The number of aromatic nitrogens is 2. The summed E-state index contributed by atoms with van der Waals surface area (Å²) in [6.07, 6.45) is 0. The van der Waals surface area contributed by atoms with E-state index in [-0.39, 0.29) is 60.7 Å². The van der Waals surface area contributed by atoms with Gasteiger partial charge in [-0.1, -0.05) is 18.2 Å². The molecule has 8 nitrogen and oxygen atoms in total. The molecule has 2 aromatic carbocycles. The third-order valence-corrected chi connectivity index (χ3v) is 7.04. The summed E-state index contributed by atoms with van der Waals surface area (Å²) in [5, 5.41) is 2.05. The number of aromatic amines is 1. The first-order valence-corrected chi connectivity index (χ1v) is 12.0. The highest BCUT2D eigenvalue weighted by atomic mass is 32.1. The molecule has 184 valence electrons. The molecule has 36 heavy (non-hydrogen) atoms. The number of carbonyl (C=O) groups excluding carboxylic acids is 2. The molecular weight excluding hydrogens is 490 g/mol. The first-order chi connectivity index (χ1) is 17.3. The Morgan fingerprint density at radius 2 is 1.58 bits per heavy atom. The molecule has 11 heteroatoms. The largest absolute Gasteiger partial charge is 0.335 e. The molecule has 0 unspecified atom stereocenters. The van der Waals surface area contributed by atoms with Crippen molar-refractivity contribution in [3.05, 3.63) is 102 Å². The molecule has 1 saturated heterocycles. The van der Waals surface area contributed by atoms with Crippen molar-refractivity contribution in [3.63, 3.8) is 0 Å². The Morgan fingerprint density at radius 1 is 0.889 bits per heavy atom. The van der Waals surface area contributed by atoms with Gasteiger partial charge >= 0.3 is 5.69 Å². The van der Waals surface area contributed by atoms with Gasteiger partial charge in [-0.3, -0.25) is 23.9 Å². The van der Waals surface area contributed by atoms with Gasteiger partial charge in [-0.05, 0) is 29.6 Å². The van der Waals surface area contributed by atoms with E-state index in [2.05, 4.69) is 4.98 Å². The zero-order valence-corrected chi connectivity index (χ0v) is 19.7. The van der Waals surface area contributed by atoms with Crippen molar-refractivity contribution in [2.24, 2.45) is 0 Å². The summed E-state index contributed by atoms with van der Waals surface area (Å²) < 4.78 is 30.6. The van der Waals surface area contributed by atoms with Gasteiger partial charge in [0.15, 0.2) is 0 Å². The highest BCUT2D eigenvalue weighted by Gasteiger charge is 2.28. The second kappa shape index (κ2) is 9.50. The van der Waals surface area contributed by atoms with Crippen LogP contribution in [0.1, 0.15) is 25.6 Å². The van der Waals surface area contributed by atoms with E-state index in [1.807, 2.05) is 5.38 Å². The first-order valence-electron chi connectivity index (χ1n) is 11.2. The second-order valence-corrected chi connectivity index (χ2v) is 9.30. The van der Waals surface area contributed by atoms with Gasteiger partial charge in [-0.15, -0.1) is 11.3 Å². The molecule has 2 amide bonds. The fraction of sp³-hybridized carbons (Fsp3) is 0.200. The van der Waals surface area contributed by atoms with E-state index in [0.29, 0.717) is 10.9 Å². The van der Waals surface area contributed by atoms with E-state index >= 15 is 0 Å². The van der Waals surface area contributed by atoms with Crippen LogP contribution in [0.5, 0.6) is 0 Å². The van der Waals surface area contributed by atoms with Crippen LogP contribution in [0.15, 0.2) is 63.5 Å². The molecule has 0 radical (unpaired) electrons. The van der Waals surface area contributed by atoms with Gasteiger partial charge in [-0.2, -0.15) is 0 Å². The third kappa shape index (κ3) is 4.33. The van der Waals surface area contributed by atoms with Gasteiger partial charge in [0.05, 0.1) is 27.9 Å². The lowest BCUT2D eigenvalue weighted by Gasteiger charge is -2.34. The number of thiophene rings is 1. The number of amides is 2. The standard InChI is InChI=1S/C25H20F2N4O4S/c26-18-13-19(27)17(23(33)29-7-9-30(10-8-29)24(34)21-6-3-11-36-21)12-15(18)14-31-20-5-2-1-4-16(20)22(32)28-25(31)35/h1-6,11-13H,7-10,14H2,(H,28,32,35). The van der Waals surface area contributed by atoms with Crippen LogP contribution >= 0.6 is 11.3 Å². The minimum Gasteiger partial charge on any atom is -0.335 e. The van der Waals surface area contributed by atoms with Crippen LogP contribution < -0.4 is 11.2 Å². The molecule has 5 rings (SSSR count). The van der Waals surface area contributed by atoms with Crippen LogP contribution in [-0.4, -0.2) is 57.3 Å². The summed E-state index contributed by atoms with van der Waals surface area (Å²) in [4.78, 5) is 56.1. The van der Waals surface area contributed by atoms with E-state index in [4.69, 9.17) is 0 Å². The first kappa shape index (κ1) is 23.6. The molecule has 4 aromatic rings. The molecule has 1 aliphatic heterocycles. The Bertz CT molecular complexity index is 1590. The highest BCUT2D eigenvalue weighted by molar-refractivity contribution is 7.12. The fourth-order valence-corrected chi connectivity index (χ4v) is 4.98. The van der Waals surface area contributed by atoms with Crippen LogP contribution in [0.2, 0.25) is 0 Å². The number of piperazine rings is 1. The molecule has 2 aromatic heterocycles. The van der Waals surface area contributed by atoms with Crippen LogP contribution in [0.25, 0.3) is 10.9 Å². The minimum atomic E-state index is -1.02. The number of carbonyl (C=O) groups is 2. The average molecular weight is 511 g/mol. The number of benzene rings is 2. The molecule has 1 N–H and O–H groups in total. The highest BCUT2D eigenvalue weighted by Crippen LogP contribution is 2.21. The number of para-hydroxylation sites is 1. The SMILES string of the molecule is O=C(c1cccs1)N1CCN(C(=O)c2cc(Cn3c(=O)[nH]c(=O)c4ccccc43)c(F)cc2F)CC1. The quantitative estimate of drug-likeness (QED) is 0.457. The zero-order valence-electron chi connectivity index (χ0n) is 18.9. The minimum absolute atomic E-state index is 0.0782. The van der Waals surface area contributed by atoms with Crippen LogP contribution in [0.4, 0.5) is 8.78 Å². The third-order valence-electron chi connectivity index (χ3n) is 6.19. The lowest BCUT2D eigenvalue weighted by molar-refractivity contribution is 0.0535. The second-order valence-electron chi connectivity index (χ2n) is 8.35. The number of rotatable bonds is 4. The van der Waals surface area contributed by atoms with Gasteiger partial charge in [0.1, 0.15) is 11.6 Å². The van der Waals surface area contributed by atoms with Crippen LogP contribution in [0, 0.1) is 11.6 Å². The molecule has 0 spiro atoms. The summed E-state index contributed by atoms with van der Waals surface area (Å²) in [6.45, 7) is 0.664. The summed E-state index contributed by atoms with van der Waals surface area (Å²) in [6, 6.07) is 11.6. The van der Waals surface area contributed by atoms with E-state index in [0.717, 1.165) is 10.6 Å². The Kier molecular flexibility index (Phi) is 6.23. The molecule has 0 bridgehead atoms. The number of hydrogen-bond acceptors (Lipinski definition) is 5. The van der Waals surface area contributed by atoms with Crippen molar-refractivity contribution in [2.45, 2.75) is 6.54 Å². The van der Waals surface area contributed by atoms with E-state index in [1.54, 1.807) is 35.2 Å². The van der Waals surface area contributed by atoms with E-state index < -0.39 is 28.8 Å². The number of nitrogens with one attached hydrogen (secondary N) is 1. The van der Waals surface area contributed by atoms with Gasteiger partial charge in [0, 0.05) is 37.8 Å². The van der Waals surface area contributed by atoms with Gasteiger partial charge in [0.2, 0.25) is 0 Å². The summed E-state index contributed by atoms with van der Waals surface area (Å²) in [5.74, 6) is -2.68. The van der Waals surface area contributed by atoms with Gasteiger partial charge in [0.25, 0.3) is 17.4 Å².